The molecule has 0 unspecified atom stereocenters. The van der Waals surface area contributed by atoms with Crippen LogP contribution in [-0.4, -0.2) is 60.8 Å². The highest BCUT2D eigenvalue weighted by molar-refractivity contribution is 5.53. The van der Waals surface area contributed by atoms with Crippen LogP contribution in [0, 0.1) is 13.8 Å². The maximum absolute atomic E-state index is 6.14. The molecule has 30 heavy (non-hydrogen) atoms. The van der Waals surface area contributed by atoms with Crippen LogP contribution >= 0.6 is 0 Å². The summed E-state index contributed by atoms with van der Waals surface area (Å²) in [5.41, 5.74) is 8.26. The fourth-order valence-corrected chi connectivity index (χ4v) is 3.73. The van der Waals surface area contributed by atoms with Crippen molar-refractivity contribution in [3.8, 4) is 11.6 Å². The summed E-state index contributed by atoms with van der Waals surface area (Å²) in [5, 5.41) is 8.41. The van der Waals surface area contributed by atoms with Crippen molar-refractivity contribution in [1.82, 2.24) is 34.6 Å². The van der Waals surface area contributed by atoms with Crippen molar-refractivity contribution in [3.05, 3.63) is 35.4 Å². The third-order valence-corrected chi connectivity index (χ3v) is 5.40. The second kappa shape index (κ2) is 7.41. The number of hydrogen-bond acceptors (Lipinski definition) is 10. The molecular weight excluding hydrogens is 386 g/mol. The van der Waals surface area contributed by atoms with E-state index in [2.05, 4.69) is 35.0 Å². The van der Waals surface area contributed by atoms with Crippen molar-refractivity contribution in [2.24, 2.45) is 0 Å². The van der Waals surface area contributed by atoms with Gasteiger partial charge in [0.15, 0.2) is 5.76 Å². The number of fused-ring (bicyclic) bond motifs is 1. The normalized spacial score (nSPS) is 15.7. The molecule has 0 saturated carbocycles. The number of furan rings is 1. The van der Waals surface area contributed by atoms with E-state index >= 15 is 0 Å². The molecule has 5 heterocycles. The van der Waals surface area contributed by atoms with E-state index in [-0.39, 0.29) is 5.95 Å². The third kappa shape index (κ3) is 3.36. The SMILES string of the molecule is Cc1noc(C)c1CN1CCCN(c2nc(N)n3nc(-c4ccco4)nc3n2)CC1. The number of anilines is 2. The number of nitrogen functional groups attached to an aromatic ring is 1. The third-order valence-electron chi connectivity index (χ3n) is 5.40. The Labute approximate surface area is 172 Å². The Balaban J connectivity index is 1.35. The maximum Gasteiger partial charge on any atom is 0.259 e. The van der Waals surface area contributed by atoms with Crippen LogP contribution in [0.4, 0.5) is 11.9 Å². The summed E-state index contributed by atoms with van der Waals surface area (Å²) in [5.74, 6) is 3.09. The second-order valence-electron chi connectivity index (χ2n) is 7.43. The molecule has 4 aromatic rings. The van der Waals surface area contributed by atoms with Gasteiger partial charge in [-0.3, -0.25) is 4.90 Å². The predicted molar refractivity (Wildman–Crippen MR) is 109 cm³/mol. The van der Waals surface area contributed by atoms with Crippen molar-refractivity contribution >= 4 is 17.7 Å². The molecule has 5 rings (SSSR count). The van der Waals surface area contributed by atoms with Crippen LogP contribution < -0.4 is 10.6 Å². The number of nitrogens with zero attached hydrogens (tertiary/aromatic N) is 8. The molecule has 0 spiro atoms. The van der Waals surface area contributed by atoms with Gasteiger partial charge in [0, 0.05) is 38.3 Å². The van der Waals surface area contributed by atoms with Gasteiger partial charge in [0.1, 0.15) is 5.76 Å². The van der Waals surface area contributed by atoms with E-state index in [1.807, 2.05) is 13.8 Å². The lowest BCUT2D eigenvalue weighted by Gasteiger charge is -2.22. The fourth-order valence-electron chi connectivity index (χ4n) is 3.73. The average molecular weight is 409 g/mol. The molecule has 2 N–H and O–H groups in total. The zero-order valence-electron chi connectivity index (χ0n) is 16.9. The Bertz CT molecular complexity index is 1150. The summed E-state index contributed by atoms with van der Waals surface area (Å²) in [6.07, 6.45) is 2.56. The summed E-state index contributed by atoms with van der Waals surface area (Å²) in [4.78, 5) is 18.1. The lowest BCUT2D eigenvalue weighted by molar-refractivity contribution is 0.282. The predicted octanol–water partition coefficient (Wildman–Crippen LogP) is 1.68. The Morgan fingerprint density at radius 3 is 2.77 bits per heavy atom. The Kier molecular flexibility index (Phi) is 4.58. The van der Waals surface area contributed by atoms with Gasteiger partial charge in [-0.25, -0.2) is 0 Å². The van der Waals surface area contributed by atoms with Crippen molar-refractivity contribution in [3.63, 3.8) is 0 Å². The number of hydrogen-bond donors (Lipinski definition) is 1. The zero-order chi connectivity index (χ0) is 20.7. The minimum absolute atomic E-state index is 0.247. The van der Waals surface area contributed by atoms with Crippen LogP contribution in [-0.2, 0) is 6.54 Å². The lowest BCUT2D eigenvalue weighted by atomic mass is 10.2. The smallest absolute Gasteiger partial charge is 0.259 e. The van der Waals surface area contributed by atoms with Gasteiger partial charge in [-0.1, -0.05) is 5.16 Å². The maximum atomic E-state index is 6.14. The molecule has 4 aromatic heterocycles. The van der Waals surface area contributed by atoms with Gasteiger partial charge in [-0.15, -0.1) is 5.10 Å². The first-order valence-corrected chi connectivity index (χ1v) is 9.91. The second-order valence-corrected chi connectivity index (χ2v) is 7.43. The molecule has 0 amide bonds. The van der Waals surface area contributed by atoms with E-state index in [0.717, 1.165) is 50.6 Å². The van der Waals surface area contributed by atoms with Gasteiger partial charge in [-0.05, 0) is 32.4 Å². The van der Waals surface area contributed by atoms with Crippen molar-refractivity contribution in [2.45, 2.75) is 26.8 Å². The standard InChI is InChI=1S/C19H23N9O2/c1-12-14(13(2)30-25-12)11-26-6-4-7-27(9-8-26)18-22-17(20)28-19(23-18)21-16(24-28)15-5-3-10-29-15/h3,5,10H,4,6-9,11H2,1-2H3,(H2,20,21,22,23,24). The Morgan fingerprint density at radius 2 is 2.00 bits per heavy atom. The highest BCUT2D eigenvalue weighted by Gasteiger charge is 2.21. The summed E-state index contributed by atoms with van der Waals surface area (Å²) in [7, 11) is 0. The van der Waals surface area contributed by atoms with E-state index in [1.165, 1.54) is 10.1 Å². The molecule has 1 aliphatic heterocycles. The Morgan fingerprint density at radius 1 is 1.10 bits per heavy atom. The molecule has 156 valence electrons. The van der Waals surface area contributed by atoms with Crippen LogP contribution in [0.1, 0.15) is 23.4 Å². The van der Waals surface area contributed by atoms with Crippen molar-refractivity contribution in [1.29, 1.82) is 0 Å². The van der Waals surface area contributed by atoms with E-state index in [1.54, 1.807) is 18.4 Å². The van der Waals surface area contributed by atoms with E-state index in [0.29, 0.717) is 23.3 Å². The lowest BCUT2D eigenvalue weighted by Crippen LogP contribution is -2.32. The first-order valence-electron chi connectivity index (χ1n) is 9.91. The van der Waals surface area contributed by atoms with E-state index in [4.69, 9.17) is 14.7 Å². The highest BCUT2D eigenvalue weighted by Crippen LogP contribution is 2.21. The molecule has 11 heteroatoms. The highest BCUT2D eigenvalue weighted by atomic mass is 16.5. The molecular formula is C19H23N9O2. The molecule has 1 saturated heterocycles. The van der Waals surface area contributed by atoms with E-state index < -0.39 is 0 Å². The molecule has 1 fully saturated rings. The average Bonchev–Trinajstić information content (AvgIpc) is 3.43. The molecule has 1 aliphatic rings. The monoisotopic (exact) mass is 409 g/mol. The molecule has 0 atom stereocenters. The molecule has 0 aliphatic carbocycles. The molecule has 0 bridgehead atoms. The van der Waals surface area contributed by atoms with Crippen LogP contribution in [0.3, 0.4) is 0 Å². The van der Waals surface area contributed by atoms with Gasteiger partial charge in [0.05, 0.1) is 12.0 Å². The van der Waals surface area contributed by atoms with Crippen LogP contribution in [0.25, 0.3) is 17.4 Å². The minimum Gasteiger partial charge on any atom is -0.461 e. The number of aryl methyl sites for hydroxylation is 2. The largest absolute Gasteiger partial charge is 0.461 e. The van der Waals surface area contributed by atoms with Crippen molar-refractivity contribution < 1.29 is 8.94 Å². The van der Waals surface area contributed by atoms with Gasteiger partial charge in [0.25, 0.3) is 5.78 Å². The Hall–Kier alpha value is -3.47. The summed E-state index contributed by atoms with van der Waals surface area (Å²) in [6.45, 7) is 8.26. The fraction of sp³-hybridized carbons (Fsp3) is 0.421. The minimum atomic E-state index is 0.247. The molecule has 0 radical (unpaired) electrons. The van der Waals surface area contributed by atoms with Crippen LogP contribution in [0.5, 0.6) is 0 Å². The van der Waals surface area contributed by atoms with Gasteiger partial charge in [-0.2, -0.15) is 19.5 Å². The number of rotatable bonds is 4. The number of aromatic nitrogens is 6. The van der Waals surface area contributed by atoms with Crippen LogP contribution in [0.15, 0.2) is 27.3 Å². The first-order chi connectivity index (χ1) is 14.6. The first kappa shape index (κ1) is 18.6. The molecule has 11 nitrogen and oxygen atoms in total. The van der Waals surface area contributed by atoms with Gasteiger partial charge in [0.2, 0.25) is 17.7 Å². The van der Waals surface area contributed by atoms with Crippen molar-refractivity contribution in [2.75, 3.05) is 36.8 Å². The quantitative estimate of drug-likeness (QED) is 0.531. The molecule has 0 aromatic carbocycles. The summed E-state index contributed by atoms with van der Waals surface area (Å²) < 4.78 is 12.1. The van der Waals surface area contributed by atoms with Gasteiger partial charge >= 0.3 is 0 Å². The number of nitrogens with two attached hydrogens (primary N) is 1. The summed E-state index contributed by atoms with van der Waals surface area (Å²) in [6, 6.07) is 3.58. The van der Waals surface area contributed by atoms with E-state index in [9.17, 15) is 0 Å². The van der Waals surface area contributed by atoms with Crippen LogP contribution in [0.2, 0.25) is 0 Å². The topological polar surface area (TPSA) is 128 Å². The summed E-state index contributed by atoms with van der Waals surface area (Å²) >= 11 is 0. The van der Waals surface area contributed by atoms with Gasteiger partial charge < -0.3 is 19.6 Å². The zero-order valence-corrected chi connectivity index (χ0v) is 16.9.